The van der Waals surface area contributed by atoms with Crippen molar-refractivity contribution in [3.63, 3.8) is 0 Å². The van der Waals surface area contributed by atoms with E-state index < -0.39 is 6.10 Å². The molecule has 0 saturated carbocycles. The maximum absolute atomic E-state index is 12.9. The number of hydrogen-bond donors (Lipinski definition) is 0. The molecule has 0 radical (unpaired) electrons. The van der Waals surface area contributed by atoms with Gasteiger partial charge in [-0.1, -0.05) is 341 Å². The average molecular weight is 1060 g/mol. The van der Waals surface area contributed by atoms with Crippen LogP contribution in [0.3, 0.4) is 0 Å². The van der Waals surface area contributed by atoms with E-state index >= 15 is 0 Å². The van der Waals surface area contributed by atoms with E-state index in [1.807, 2.05) is 0 Å². The second-order valence-electron chi connectivity index (χ2n) is 23.5. The summed E-state index contributed by atoms with van der Waals surface area (Å²) >= 11 is 0. The van der Waals surface area contributed by atoms with Gasteiger partial charge in [-0.3, -0.25) is 14.4 Å². The largest absolute Gasteiger partial charge is 0.462 e. The van der Waals surface area contributed by atoms with Crippen LogP contribution < -0.4 is 0 Å². The van der Waals surface area contributed by atoms with Crippen LogP contribution in [0, 0.1) is 0 Å². The summed E-state index contributed by atoms with van der Waals surface area (Å²) in [4.78, 5) is 38.2. The molecule has 0 amide bonds. The van der Waals surface area contributed by atoms with Crippen molar-refractivity contribution in [3.05, 3.63) is 12.2 Å². The van der Waals surface area contributed by atoms with Gasteiger partial charge in [0.05, 0.1) is 0 Å². The van der Waals surface area contributed by atoms with Crippen LogP contribution in [0.25, 0.3) is 0 Å². The SMILES string of the molecule is CCCCCCCCCC/C=C\CCCCCCCCCCCCCCCCCCCCCC(=O)OCC(COC(=O)CCCCCCCCCCCCCCC)OC(=O)CCCCCCCCCCCCCCC. The molecule has 6 heteroatoms. The van der Waals surface area contributed by atoms with Crippen LogP contribution in [0.1, 0.15) is 393 Å². The van der Waals surface area contributed by atoms with E-state index in [-0.39, 0.29) is 31.1 Å². The molecule has 444 valence electrons. The molecule has 0 aromatic heterocycles. The molecule has 1 unspecified atom stereocenters. The Bertz CT molecular complexity index is 1170. The van der Waals surface area contributed by atoms with E-state index in [0.29, 0.717) is 19.3 Å². The molecule has 0 spiro atoms. The van der Waals surface area contributed by atoms with Crippen LogP contribution in [0.2, 0.25) is 0 Å². The minimum atomic E-state index is -0.763. The molecule has 75 heavy (non-hydrogen) atoms. The Hall–Kier alpha value is -1.85. The number of esters is 3. The van der Waals surface area contributed by atoms with Crippen LogP contribution in [0.4, 0.5) is 0 Å². The highest BCUT2D eigenvalue weighted by molar-refractivity contribution is 5.71. The van der Waals surface area contributed by atoms with Crippen molar-refractivity contribution in [1.82, 2.24) is 0 Å². The monoisotopic (exact) mass is 1060 g/mol. The number of carbonyl (C=O) groups is 3. The molecule has 6 nitrogen and oxygen atoms in total. The van der Waals surface area contributed by atoms with E-state index in [2.05, 4.69) is 32.9 Å². The van der Waals surface area contributed by atoms with E-state index in [1.165, 1.54) is 295 Å². The molecule has 0 aliphatic heterocycles. The molecule has 0 fully saturated rings. The fraction of sp³-hybridized carbons (Fsp3) is 0.928. The molecule has 0 aromatic carbocycles. The zero-order valence-electron chi connectivity index (χ0n) is 51.1. The maximum atomic E-state index is 12.9. The van der Waals surface area contributed by atoms with Crippen molar-refractivity contribution >= 4 is 17.9 Å². The zero-order valence-corrected chi connectivity index (χ0v) is 51.1. The standard InChI is InChI=1S/C69H132O6/c1-4-7-10-13-16-19-22-25-26-27-28-29-30-31-32-33-34-35-36-37-38-39-40-41-42-45-47-50-53-56-59-62-68(71)74-65-66(75-69(72)63-60-57-54-51-48-44-24-21-18-15-12-9-6-3)64-73-67(70)61-58-55-52-49-46-43-23-20-17-14-11-8-5-2/h27-28,66H,4-26,29-65H2,1-3H3/b28-27-. The highest BCUT2D eigenvalue weighted by Crippen LogP contribution is 2.19. The van der Waals surface area contributed by atoms with Crippen molar-refractivity contribution in [2.45, 2.75) is 399 Å². The second-order valence-corrected chi connectivity index (χ2v) is 23.5. The lowest BCUT2D eigenvalue weighted by molar-refractivity contribution is -0.167. The van der Waals surface area contributed by atoms with Crippen LogP contribution in [-0.2, 0) is 28.6 Å². The van der Waals surface area contributed by atoms with Gasteiger partial charge in [0, 0.05) is 19.3 Å². The van der Waals surface area contributed by atoms with Crippen molar-refractivity contribution in [2.75, 3.05) is 13.2 Å². The minimum absolute atomic E-state index is 0.0622. The highest BCUT2D eigenvalue weighted by atomic mass is 16.6. The van der Waals surface area contributed by atoms with Crippen molar-refractivity contribution in [3.8, 4) is 0 Å². The fourth-order valence-corrected chi connectivity index (χ4v) is 10.6. The van der Waals surface area contributed by atoms with Crippen LogP contribution in [0.15, 0.2) is 12.2 Å². The number of unbranched alkanes of at least 4 members (excludes halogenated alkanes) is 51. The summed E-state index contributed by atoms with van der Waals surface area (Å²) in [5, 5.41) is 0. The molecule has 1 atom stereocenters. The quantitative estimate of drug-likeness (QED) is 0.0261. The van der Waals surface area contributed by atoms with E-state index in [0.717, 1.165) is 57.8 Å². The van der Waals surface area contributed by atoms with Gasteiger partial charge in [0.15, 0.2) is 6.10 Å². The first-order chi connectivity index (χ1) is 37.0. The van der Waals surface area contributed by atoms with Crippen LogP contribution in [0.5, 0.6) is 0 Å². The Morgan fingerprint density at radius 2 is 0.440 bits per heavy atom. The lowest BCUT2D eigenvalue weighted by atomic mass is 10.0. The van der Waals surface area contributed by atoms with E-state index in [1.54, 1.807) is 0 Å². The van der Waals surface area contributed by atoms with Crippen molar-refractivity contribution < 1.29 is 28.6 Å². The molecule has 0 N–H and O–H groups in total. The minimum Gasteiger partial charge on any atom is -0.462 e. The third-order valence-corrected chi connectivity index (χ3v) is 15.8. The first-order valence-electron chi connectivity index (χ1n) is 34.2. The lowest BCUT2D eigenvalue weighted by Gasteiger charge is -2.18. The molecule has 0 saturated heterocycles. The normalized spacial score (nSPS) is 12.0. The number of hydrogen-bond acceptors (Lipinski definition) is 6. The van der Waals surface area contributed by atoms with Gasteiger partial charge in [0.1, 0.15) is 13.2 Å². The summed E-state index contributed by atoms with van der Waals surface area (Å²) in [5.74, 6) is -0.831. The summed E-state index contributed by atoms with van der Waals surface area (Å²) in [5.41, 5.74) is 0. The summed E-state index contributed by atoms with van der Waals surface area (Å²) in [6.45, 7) is 6.71. The topological polar surface area (TPSA) is 78.9 Å². The Balaban J connectivity index is 4.06. The number of carbonyl (C=O) groups excluding carboxylic acids is 3. The van der Waals surface area contributed by atoms with Gasteiger partial charge in [0.25, 0.3) is 0 Å². The number of ether oxygens (including phenoxy) is 3. The molecule has 0 rings (SSSR count). The van der Waals surface area contributed by atoms with Crippen molar-refractivity contribution in [1.29, 1.82) is 0 Å². The van der Waals surface area contributed by atoms with Gasteiger partial charge in [-0.05, 0) is 44.9 Å². The van der Waals surface area contributed by atoms with E-state index in [4.69, 9.17) is 14.2 Å². The van der Waals surface area contributed by atoms with Gasteiger partial charge in [-0.15, -0.1) is 0 Å². The van der Waals surface area contributed by atoms with Gasteiger partial charge in [0.2, 0.25) is 0 Å². The highest BCUT2D eigenvalue weighted by Gasteiger charge is 2.19. The van der Waals surface area contributed by atoms with Gasteiger partial charge in [-0.2, -0.15) is 0 Å². The first kappa shape index (κ1) is 73.2. The third-order valence-electron chi connectivity index (χ3n) is 15.8. The number of rotatable bonds is 64. The van der Waals surface area contributed by atoms with Gasteiger partial charge >= 0.3 is 17.9 Å². The summed E-state index contributed by atoms with van der Waals surface area (Å²) < 4.78 is 16.9. The zero-order chi connectivity index (χ0) is 54.3. The van der Waals surface area contributed by atoms with Gasteiger partial charge < -0.3 is 14.2 Å². The molecule has 0 heterocycles. The predicted molar refractivity (Wildman–Crippen MR) is 326 cm³/mol. The Morgan fingerprint density at radius 3 is 0.667 bits per heavy atom. The molecule has 0 aromatic rings. The maximum Gasteiger partial charge on any atom is 0.306 e. The Kier molecular flexibility index (Phi) is 63.1. The smallest absolute Gasteiger partial charge is 0.306 e. The third kappa shape index (κ3) is 62.9. The van der Waals surface area contributed by atoms with Gasteiger partial charge in [-0.25, -0.2) is 0 Å². The Labute approximate surface area is 469 Å². The second kappa shape index (κ2) is 64.7. The molecular formula is C69H132O6. The number of allylic oxidation sites excluding steroid dienone is 2. The fourth-order valence-electron chi connectivity index (χ4n) is 10.6. The molecule has 0 aliphatic rings. The van der Waals surface area contributed by atoms with Crippen LogP contribution >= 0.6 is 0 Å². The first-order valence-corrected chi connectivity index (χ1v) is 34.2. The summed E-state index contributed by atoms with van der Waals surface area (Å²) in [6.07, 6.45) is 76.8. The molecular weight excluding hydrogens is 925 g/mol. The van der Waals surface area contributed by atoms with Crippen LogP contribution in [-0.4, -0.2) is 37.2 Å². The summed E-state index contributed by atoms with van der Waals surface area (Å²) in [7, 11) is 0. The lowest BCUT2D eigenvalue weighted by Crippen LogP contribution is -2.30. The van der Waals surface area contributed by atoms with E-state index in [9.17, 15) is 14.4 Å². The average Bonchev–Trinajstić information content (AvgIpc) is 3.41. The molecule has 0 bridgehead atoms. The Morgan fingerprint density at radius 1 is 0.253 bits per heavy atom. The predicted octanol–water partition coefficient (Wildman–Crippen LogP) is 23.2. The molecule has 0 aliphatic carbocycles. The van der Waals surface area contributed by atoms with Crippen molar-refractivity contribution in [2.24, 2.45) is 0 Å². The summed E-state index contributed by atoms with van der Waals surface area (Å²) in [6, 6.07) is 0.